The number of ether oxygens (including phenoxy) is 1. The molecule has 160 valence electrons. The van der Waals surface area contributed by atoms with E-state index in [1.54, 1.807) is 0 Å². The molecule has 3 rings (SSSR count). The third kappa shape index (κ3) is 4.98. The predicted molar refractivity (Wildman–Crippen MR) is 94.3 cm³/mol. The molecule has 2 atom stereocenters. The fourth-order valence-corrected chi connectivity index (χ4v) is 4.08. The first kappa shape index (κ1) is 21.4. The summed E-state index contributed by atoms with van der Waals surface area (Å²) < 4.78 is 44.1. The monoisotopic (exact) mass is 416 g/mol. The van der Waals surface area contributed by atoms with Gasteiger partial charge < -0.3 is 19.8 Å². The van der Waals surface area contributed by atoms with Gasteiger partial charge in [-0.1, -0.05) is 0 Å². The number of halogens is 3. The highest BCUT2D eigenvalue weighted by Crippen LogP contribution is 2.40. The summed E-state index contributed by atoms with van der Waals surface area (Å²) in [5, 5.41) is 19.2. The molecule has 2 fully saturated rings. The first-order valence-electron chi connectivity index (χ1n) is 9.53. The van der Waals surface area contributed by atoms with Crippen molar-refractivity contribution in [2.45, 2.75) is 50.4 Å². The van der Waals surface area contributed by atoms with Gasteiger partial charge in [-0.2, -0.15) is 13.2 Å². The van der Waals surface area contributed by atoms with E-state index in [4.69, 9.17) is 9.84 Å². The van der Waals surface area contributed by atoms with Crippen LogP contribution in [0.25, 0.3) is 0 Å². The number of rotatable bonds is 5. The van der Waals surface area contributed by atoms with E-state index in [1.807, 2.05) is 0 Å². The molecule has 1 aromatic rings. The molecule has 1 saturated heterocycles. The first-order chi connectivity index (χ1) is 13.7. The molecule has 29 heavy (non-hydrogen) atoms. The zero-order valence-electron chi connectivity index (χ0n) is 15.6. The van der Waals surface area contributed by atoms with Gasteiger partial charge in [-0.3, -0.25) is 4.79 Å². The Hall–Kier alpha value is -2.36. The molecule has 1 aliphatic carbocycles. The average Bonchev–Trinajstić information content (AvgIpc) is 3.06. The second-order valence-corrected chi connectivity index (χ2v) is 7.59. The number of carbonyl (C=O) groups is 2. The lowest BCUT2D eigenvalue weighted by atomic mass is 9.81. The smallest absolute Gasteiger partial charge is 0.391 e. The topological polar surface area (TPSA) is 100.0 Å². The van der Waals surface area contributed by atoms with Crippen LogP contribution in [-0.2, 0) is 4.79 Å². The van der Waals surface area contributed by atoms with Gasteiger partial charge in [-0.15, -0.1) is 0 Å². The van der Waals surface area contributed by atoms with Crippen LogP contribution in [0.1, 0.15) is 42.6 Å². The number of aromatic nitrogens is 1. The summed E-state index contributed by atoms with van der Waals surface area (Å²) in [6.45, 7) is 0.0531. The Kier molecular flexibility index (Phi) is 6.30. The first-order valence-corrected chi connectivity index (χ1v) is 9.53. The number of pyridine rings is 1. The summed E-state index contributed by atoms with van der Waals surface area (Å²) >= 11 is 0. The van der Waals surface area contributed by atoms with Gasteiger partial charge in [0.25, 0.3) is 0 Å². The van der Waals surface area contributed by atoms with Crippen molar-refractivity contribution in [3.8, 4) is 5.75 Å². The van der Waals surface area contributed by atoms with Crippen LogP contribution in [0.3, 0.4) is 0 Å². The van der Waals surface area contributed by atoms with Crippen molar-refractivity contribution in [1.29, 1.82) is 0 Å². The molecule has 1 saturated carbocycles. The molecular formula is C19H23F3N2O5. The summed E-state index contributed by atoms with van der Waals surface area (Å²) in [5.74, 6) is -3.34. The maximum atomic E-state index is 12.9. The minimum absolute atomic E-state index is 0.0351. The van der Waals surface area contributed by atoms with E-state index in [0.29, 0.717) is 0 Å². The number of carboxylic acids is 1. The number of nitrogens with zero attached hydrogens (tertiary/aromatic N) is 2. The van der Waals surface area contributed by atoms with Crippen molar-refractivity contribution >= 4 is 11.9 Å². The molecule has 0 spiro atoms. The number of carboxylic acid groups (broad SMARTS) is 1. The Bertz CT molecular complexity index is 750. The fourth-order valence-electron chi connectivity index (χ4n) is 4.08. The van der Waals surface area contributed by atoms with E-state index in [2.05, 4.69) is 4.98 Å². The van der Waals surface area contributed by atoms with Crippen LogP contribution in [0.15, 0.2) is 18.3 Å². The number of carbonyl (C=O) groups excluding carboxylic acids is 1. The molecular weight excluding hydrogens is 393 g/mol. The van der Waals surface area contributed by atoms with Gasteiger partial charge in [0.1, 0.15) is 6.61 Å². The number of hydrogen-bond acceptors (Lipinski definition) is 5. The van der Waals surface area contributed by atoms with Gasteiger partial charge in [0.15, 0.2) is 11.4 Å². The summed E-state index contributed by atoms with van der Waals surface area (Å²) in [6.07, 6.45) is -3.24. The van der Waals surface area contributed by atoms with Crippen molar-refractivity contribution in [1.82, 2.24) is 9.88 Å². The SMILES string of the molecule is O=C(O)c1ncccc1OC[C@H]1C[C@H](O)CN1C(=O)[C@H]1CC[C@H](C(F)(F)F)CC1. The second-order valence-electron chi connectivity index (χ2n) is 7.59. The number of alkyl halides is 3. The van der Waals surface area contributed by atoms with Gasteiger partial charge in [0.2, 0.25) is 5.91 Å². The van der Waals surface area contributed by atoms with Gasteiger partial charge in [-0.25, -0.2) is 9.78 Å². The Morgan fingerprint density at radius 2 is 1.93 bits per heavy atom. The minimum Gasteiger partial charge on any atom is -0.489 e. The van der Waals surface area contributed by atoms with Crippen molar-refractivity contribution < 1.29 is 37.7 Å². The van der Waals surface area contributed by atoms with Crippen molar-refractivity contribution in [3.63, 3.8) is 0 Å². The third-order valence-corrected chi connectivity index (χ3v) is 5.62. The molecule has 10 heteroatoms. The summed E-state index contributed by atoms with van der Waals surface area (Å²) in [4.78, 5) is 29.3. The predicted octanol–water partition coefficient (Wildman–Crippen LogP) is 2.49. The summed E-state index contributed by atoms with van der Waals surface area (Å²) in [7, 11) is 0. The lowest BCUT2D eigenvalue weighted by Gasteiger charge is -2.33. The number of aliphatic hydroxyl groups excluding tert-OH is 1. The molecule has 0 radical (unpaired) electrons. The molecule has 2 heterocycles. The summed E-state index contributed by atoms with van der Waals surface area (Å²) in [5.41, 5.74) is -0.255. The van der Waals surface area contributed by atoms with Crippen LogP contribution < -0.4 is 4.74 Å². The minimum atomic E-state index is -4.24. The molecule has 0 aromatic carbocycles. The fraction of sp³-hybridized carbons (Fsp3) is 0.632. The number of hydrogen-bond donors (Lipinski definition) is 2. The van der Waals surface area contributed by atoms with Crippen LogP contribution in [0, 0.1) is 11.8 Å². The Balaban J connectivity index is 1.62. The van der Waals surface area contributed by atoms with E-state index in [1.165, 1.54) is 23.2 Å². The maximum Gasteiger partial charge on any atom is 0.391 e. The molecule has 7 nitrogen and oxygen atoms in total. The Labute approximate surface area is 165 Å². The quantitative estimate of drug-likeness (QED) is 0.765. The number of likely N-dealkylation sites (tertiary alicyclic amines) is 1. The standard InChI is InChI=1S/C19H23F3N2O5/c20-19(21,22)12-5-3-11(4-6-12)17(26)24-9-14(25)8-13(24)10-29-15-2-1-7-23-16(15)18(27)28/h1-2,7,11-14,25H,3-6,8-10H2,(H,27,28)/t11-,12-,13-,14+/m1/s1. The van der Waals surface area contributed by atoms with Crippen molar-refractivity contribution in [2.24, 2.45) is 11.8 Å². The molecule has 2 N–H and O–H groups in total. The van der Waals surface area contributed by atoms with Gasteiger partial charge in [0.05, 0.1) is 18.1 Å². The van der Waals surface area contributed by atoms with Crippen LogP contribution in [0.5, 0.6) is 5.75 Å². The molecule has 0 bridgehead atoms. The van der Waals surface area contributed by atoms with Crippen LogP contribution >= 0.6 is 0 Å². The van der Waals surface area contributed by atoms with Gasteiger partial charge in [0, 0.05) is 18.7 Å². The zero-order valence-corrected chi connectivity index (χ0v) is 15.6. The highest BCUT2D eigenvalue weighted by Gasteiger charge is 2.44. The highest BCUT2D eigenvalue weighted by molar-refractivity contribution is 5.88. The lowest BCUT2D eigenvalue weighted by Crippen LogP contribution is -2.44. The Morgan fingerprint density at radius 1 is 1.24 bits per heavy atom. The third-order valence-electron chi connectivity index (χ3n) is 5.62. The highest BCUT2D eigenvalue weighted by atomic mass is 19.4. The van der Waals surface area contributed by atoms with Gasteiger partial charge >= 0.3 is 12.1 Å². The summed E-state index contributed by atoms with van der Waals surface area (Å²) in [6, 6.07) is 2.49. The maximum absolute atomic E-state index is 12.9. The van der Waals surface area contributed by atoms with Crippen LogP contribution in [-0.4, -0.2) is 63.4 Å². The molecule has 1 aromatic heterocycles. The van der Waals surface area contributed by atoms with E-state index < -0.39 is 36.1 Å². The van der Waals surface area contributed by atoms with E-state index in [0.717, 1.165) is 0 Å². The molecule has 0 unspecified atom stereocenters. The number of aliphatic hydroxyl groups is 1. The lowest BCUT2D eigenvalue weighted by molar-refractivity contribution is -0.185. The van der Waals surface area contributed by atoms with Gasteiger partial charge in [-0.05, 0) is 44.2 Å². The van der Waals surface area contributed by atoms with Crippen molar-refractivity contribution in [3.05, 3.63) is 24.0 Å². The number of β-amino-alcohol motifs (C(OH)–C–C–N with tert-alkyl or cyclic N) is 1. The van der Waals surface area contributed by atoms with E-state index in [-0.39, 0.29) is 62.6 Å². The largest absolute Gasteiger partial charge is 0.489 e. The Morgan fingerprint density at radius 3 is 2.55 bits per heavy atom. The second kappa shape index (κ2) is 8.56. The average molecular weight is 416 g/mol. The molecule has 1 amide bonds. The van der Waals surface area contributed by atoms with E-state index >= 15 is 0 Å². The number of amides is 1. The molecule has 2 aliphatic rings. The zero-order chi connectivity index (χ0) is 21.2. The number of aromatic carboxylic acids is 1. The molecule has 1 aliphatic heterocycles. The van der Waals surface area contributed by atoms with Crippen molar-refractivity contribution in [2.75, 3.05) is 13.2 Å². The normalized spacial score (nSPS) is 27.7. The van der Waals surface area contributed by atoms with E-state index in [9.17, 15) is 27.9 Å². The van der Waals surface area contributed by atoms with Crippen LogP contribution in [0.4, 0.5) is 13.2 Å². The van der Waals surface area contributed by atoms with Crippen LogP contribution in [0.2, 0.25) is 0 Å².